The molecule has 0 spiro atoms. The first-order chi connectivity index (χ1) is 15.4. The maximum Gasteiger partial charge on any atom is 0.453 e. The maximum absolute atomic E-state index is 13.1. The number of furan rings is 1. The third-order valence-electron chi connectivity index (χ3n) is 5.08. The summed E-state index contributed by atoms with van der Waals surface area (Å²) in [6.45, 7) is 0.932. The number of nitrogens with one attached hydrogen (secondary N) is 1. The highest BCUT2D eigenvalue weighted by Crippen LogP contribution is 2.30. The molecule has 0 aromatic carbocycles. The Labute approximate surface area is 182 Å². The van der Waals surface area contributed by atoms with E-state index >= 15 is 0 Å². The predicted molar refractivity (Wildman–Crippen MR) is 107 cm³/mol. The molecule has 166 valence electrons. The van der Waals surface area contributed by atoms with Gasteiger partial charge in [0, 0.05) is 19.0 Å². The summed E-state index contributed by atoms with van der Waals surface area (Å²) in [4.78, 5) is 14.5. The highest BCUT2D eigenvalue weighted by molar-refractivity contribution is 7.18. The lowest BCUT2D eigenvalue weighted by Gasteiger charge is -2.31. The third kappa shape index (κ3) is 3.88. The number of aromatic nitrogens is 6. The van der Waals surface area contributed by atoms with E-state index in [4.69, 9.17) is 4.42 Å². The molecule has 0 atom stereocenters. The zero-order chi connectivity index (χ0) is 22.3. The average molecular weight is 464 g/mol. The van der Waals surface area contributed by atoms with Crippen molar-refractivity contribution in [2.24, 2.45) is 5.92 Å². The second-order valence-corrected chi connectivity index (χ2v) is 8.10. The van der Waals surface area contributed by atoms with Crippen molar-refractivity contribution in [1.82, 2.24) is 30.0 Å². The Hall–Kier alpha value is -3.55. The van der Waals surface area contributed by atoms with Gasteiger partial charge in [0.25, 0.3) is 5.82 Å². The number of nitrogens with zero attached hydrogens (tertiary/aromatic N) is 7. The van der Waals surface area contributed by atoms with Gasteiger partial charge in [0.1, 0.15) is 5.82 Å². The second kappa shape index (κ2) is 7.85. The summed E-state index contributed by atoms with van der Waals surface area (Å²) in [7, 11) is 0. The van der Waals surface area contributed by atoms with E-state index in [0.29, 0.717) is 52.2 Å². The summed E-state index contributed by atoms with van der Waals surface area (Å²) in [5.74, 6) is -0.661. The van der Waals surface area contributed by atoms with Gasteiger partial charge in [-0.25, -0.2) is 0 Å². The van der Waals surface area contributed by atoms with Crippen molar-refractivity contribution in [3.63, 3.8) is 0 Å². The molecule has 1 aliphatic rings. The lowest BCUT2D eigenvalue weighted by molar-refractivity contribution is -0.146. The Morgan fingerprint density at radius 3 is 2.66 bits per heavy atom. The Bertz CT molecular complexity index is 1240. The lowest BCUT2D eigenvalue weighted by atomic mass is 9.96. The van der Waals surface area contributed by atoms with E-state index in [0.717, 1.165) is 0 Å². The van der Waals surface area contributed by atoms with Gasteiger partial charge in [-0.05, 0) is 37.1 Å². The van der Waals surface area contributed by atoms with Gasteiger partial charge in [0.05, 0.1) is 6.26 Å². The molecule has 1 aliphatic heterocycles. The standard InChI is InChI=1S/C18H15F3N8O2S/c19-18(20,21)16-25-23-12-3-4-13(27-29(12)16)28-7-5-10(6-8-28)14(30)22-17-26-24-15(32-17)11-2-1-9-31-11/h1-4,9-10H,5-8H2,(H,22,26,30). The number of halogens is 3. The number of hydrogen-bond donors (Lipinski definition) is 1. The molecule has 0 unspecified atom stereocenters. The summed E-state index contributed by atoms with van der Waals surface area (Å²) in [6.07, 6.45) is -2.09. The van der Waals surface area contributed by atoms with E-state index in [1.165, 1.54) is 23.7 Å². The molecule has 1 N–H and O–H groups in total. The number of fused-ring (bicyclic) bond motifs is 1. The Morgan fingerprint density at radius 1 is 1.12 bits per heavy atom. The number of amides is 1. The number of piperidine rings is 1. The zero-order valence-electron chi connectivity index (χ0n) is 16.3. The first-order valence-corrected chi connectivity index (χ1v) is 10.4. The molecule has 4 aromatic rings. The maximum atomic E-state index is 13.1. The second-order valence-electron chi connectivity index (χ2n) is 7.12. The minimum Gasteiger partial charge on any atom is -0.462 e. The topological polar surface area (TPSA) is 114 Å². The van der Waals surface area contributed by atoms with Crippen LogP contribution in [0, 0.1) is 5.92 Å². The van der Waals surface area contributed by atoms with Gasteiger partial charge in [0.2, 0.25) is 11.0 Å². The summed E-state index contributed by atoms with van der Waals surface area (Å²) in [6, 6.07) is 6.53. The van der Waals surface area contributed by atoms with Crippen LogP contribution < -0.4 is 10.2 Å². The first kappa shape index (κ1) is 20.4. The van der Waals surface area contributed by atoms with Gasteiger partial charge >= 0.3 is 6.18 Å². The van der Waals surface area contributed by atoms with E-state index < -0.39 is 12.0 Å². The van der Waals surface area contributed by atoms with E-state index in [9.17, 15) is 18.0 Å². The van der Waals surface area contributed by atoms with Crippen LogP contribution in [0.4, 0.5) is 24.1 Å². The fourth-order valence-electron chi connectivity index (χ4n) is 3.48. The number of anilines is 2. The Kier molecular flexibility index (Phi) is 5.00. The fraction of sp³-hybridized carbons (Fsp3) is 0.333. The molecule has 1 amide bonds. The minimum atomic E-state index is -4.66. The van der Waals surface area contributed by atoms with Crippen molar-refractivity contribution in [2.45, 2.75) is 19.0 Å². The Morgan fingerprint density at radius 2 is 1.94 bits per heavy atom. The van der Waals surface area contributed by atoms with Crippen LogP contribution in [0.25, 0.3) is 16.4 Å². The summed E-state index contributed by atoms with van der Waals surface area (Å²) in [5, 5.41) is 22.4. The van der Waals surface area contributed by atoms with Crippen molar-refractivity contribution in [1.29, 1.82) is 0 Å². The van der Waals surface area contributed by atoms with Gasteiger partial charge in [-0.2, -0.15) is 17.7 Å². The summed E-state index contributed by atoms with van der Waals surface area (Å²) < 4.78 is 45.2. The molecular weight excluding hydrogens is 449 g/mol. The van der Waals surface area contributed by atoms with Crippen LogP contribution in [0.3, 0.4) is 0 Å². The largest absolute Gasteiger partial charge is 0.462 e. The van der Waals surface area contributed by atoms with Crippen LogP contribution in [-0.4, -0.2) is 49.0 Å². The van der Waals surface area contributed by atoms with Gasteiger partial charge in [-0.3, -0.25) is 4.79 Å². The molecule has 32 heavy (non-hydrogen) atoms. The number of alkyl halides is 3. The molecule has 14 heteroatoms. The van der Waals surface area contributed by atoms with Gasteiger partial charge in [0.15, 0.2) is 16.4 Å². The Balaban J connectivity index is 1.23. The lowest BCUT2D eigenvalue weighted by Crippen LogP contribution is -2.38. The van der Waals surface area contributed by atoms with Crippen LogP contribution >= 0.6 is 11.3 Å². The van der Waals surface area contributed by atoms with Crippen LogP contribution in [0.1, 0.15) is 18.7 Å². The van der Waals surface area contributed by atoms with Crippen molar-refractivity contribution in [2.75, 3.05) is 23.3 Å². The quantitative estimate of drug-likeness (QED) is 0.490. The molecule has 10 nitrogen and oxygen atoms in total. The number of hydrogen-bond acceptors (Lipinski definition) is 9. The molecule has 1 fully saturated rings. The number of carbonyl (C=O) groups excluding carboxylic acids is 1. The van der Waals surface area contributed by atoms with Crippen LogP contribution in [0.2, 0.25) is 0 Å². The molecule has 0 aliphatic carbocycles. The van der Waals surface area contributed by atoms with Crippen LogP contribution in [-0.2, 0) is 11.0 Å². The van der Waals surface area contributed by atoms with E-state index in [2.05, 4.69) is 30.8 Å². The summed E-state index contributed by atoms with van der Waals surface area (Å²) >= 11 is 1.21. The molecule has 5 heterocycles. The smallest absolute Gasteiger partial charge is 0.453 e. The van der Waals surface area contributed by atoms with Crippen molar-refractivity contribution in [3.05, 3.63) is 36.4 Å². The molecule has 5 rings (SSSR count). The van der Waals surface area contributed by atoms with E-state index in [1.807, 2.05) is 4.90 Å². The molecule has 4 aromatic heterocycles. The zero-order valence-corrected chi connectivity index (χ0v) is 17.1. The van der Waals surface area contributed by atoms with Crippen molar-refractivity contribution in [3.8, 4) is 10.8 Å². The van der Waals surface area contributed by atoms with Crippen molar-refractivity contribution >= 4 is 33.8 Å². The number of carbonyl (C=O) groups is 1. The van der Waals surface area contributed by atoms with Gasteiger partial charge in [-0.15, -0.1) is 25.5 Å². The normalized spacial score (nSPS) is 15.4. The molecule has 0 saturated carbocycles. The molecule has 1 saturated heterocycles. The fourth-order valence-corrected chi connectivity index (χ4v) is 4.19. The van der Waals surface area contributed by atoms with E-state index in [1.54, 1.807) is 18.2 Å². The first-order valence-electron chi connectivity index (χ1n) is 9.61. The minimum absolute atomic E-state index is 0.0151. The SMILES string of the molecule is O=C(Nc1nnc(-c2ccco2)s1)C1CCN(c2ccc3nnc(C(F)(F)F)n3n2)CC1. The number of rotatable bonds is 4. The molecule has 0 bridgehead atoms. The average Bonchev–Trinajstić information content (AvgIpc) is 3.52. The third-order valence-corrected chi connectivity index (χ3v) is 5.93. The predicted octanol–water partition coefficient (Wildman–Crippen LogP) is 3.11. The van der Waals surface area contributed by atoms with Crippen molar-refractivity contribution < 1.29 is 22.4 Å². The van der Waals surface area contributed by atoms with E-state index in [-0.39, 0.29) is 17.5 Å². The molecule has 0 radical (unpaired) electrons. The molecular formula is C18H15F3N8O2S. The van der Waals surface area contributed by atoms with Crippen LogP contribution in [0.15, 0.2) is 34.9 Å². The summed E-state index contributed by atoms with van der Waals surface area (Å²) in [5.41, 5.74) is 0.0151. The highest BCUT2D eigenvalue weighted by Gasteiger charge is 2.38. The highest BCUT2D eigenvalue weighted by atomic mass is 32.1. The van der Waals surface area contributed by atoms with Gasteiger partial charge < -0.3 is 14.6 Å². The van der Waals surface area contributed by atoms with Crippen LogP contribution in [0.5, 0.6) is 0 Å². The monoisotopic (exact) mass is 464 g/mol. The van der Waals surface area contributed by atoms with Gasteiger partial charge in [-0.1, -0.05) is 11.3 Å².